The third kappa shape index (κ3) is 0.980. The van der Waals surface area contributed by atoms with E-state index in [-0.39, 0.29) is 17.3 Å². The van der Waals surface area contributed by atoms with Gasteiger partial charge in [0, 0.05) is 24.1 Å². The Morgan fingerprint density at radius 1 is 1.35 bits per heavy atom. The topological polar surface area (TPSA) is 52.9 Å². The molecule has 1 aromatic rings. The molecule has 104 valence electrons. The molecule has 4 unspecified atom stereocenters. The highest BCUT2D eigenvalue weighted by Gasteiger charge is 2.66. The number of hydrogen-bond acceptors (Lipinski definition) is 4. The average molecular weight is 271 g/mol. The first-order chi connectivity index (χ1) is 9.63. The minimum Gasteiger partial charge on any atom is -0.504 e. The van der Waals surface area contributed by atoms with E-state index in [0.29, 0.717) is 17.7 Å². The van der Waals surface area contributed by atoms with Gasteiger partial charge in [0.25, 0.3) is 0 Å². The zero-order chi connectivity index (χ0) is 13.6. The Kier molecular flexibility index (Phi) is 1.79. The Balaban J connectivity index is 1.87. The Hall–Kier alpha value is -1.52. The number of nitrogens with zero attached hydrogens (tertiary/aromatic N) is 1. The number of benzene rings is 1. The second kappa shape index (κ2) is 3.21. The number of likely N-dealkylation sites (N-methyl/N-ethyl adjacent to an activating group) is 1. The first-order valence-electron chi connectivity index (χ1n) is 7.21. The van der Waals surface area contributed by atoms with Crippen molar-refractivity contribution < 1.29 is 14.9 Å². The summed E-state index contributed by atoms with van der Waals surface area (Å²) in [5, 5.41) is 20.5. The summed E-state index contributed by atoms with van der Waals surface area (Å²) in [6.07, 6.45) is 4.15. The van der Waals surface area contributed by atoms with Crippen LogP contribution in [-0.2, 0) is 11.8 Å². The molecule has 2 bridgehead atoms. The van der Waals surface area contributed by atoms with Gasteiger partial charge in [-0.15, -0.1) is 0 Å². The lowest BCUT2D eigenvalue weighted by Gasteiger charge is -2.43. The molecule has 0 radical (unpaired) electrons. The number of aliphatic hydroxyl groups is 1. The minimum atomic E-state index is -0.601. The Bertz CT molecular complexity index is 655. The van der Waals surface area contributed by atoms with Crippen LogP contribution in [0.1, 0.15) is 11.1 Å². The van der Waals surface area contributed by atoms with Crippen molar-refractivity contribution in [3.8, 4) is 11.5 Å². The number of likely N-dealkylation sites (tertiary alicyclic amines) is 1. The van der Waals surface area contributed by atoms with Gasteiger partial charge in [0.2, 0.25) is 0 Å². The summed E-state index contributed by atoms with van der Waals surface area (Å²) in [5.74, 6) is 1.18. The van der Waals surface area contributed by atoms with Gasteiger partial charge in [-0.2, -0.15) is 0 Å². The minimum absolute atomic E-state index is 0.185. The summed E-state index contributed by atoms with van der Waals surface area (Å²) in [6, 6.07) is 4.21. The number of aliphatic hydroxyl groups excluding tert-OH is 1. The summed E-state index contributed by atoms with van der Waals surface area (Å²) >= 11 is 0. The summed E-state index contributed by atoms with van der Waals surface area (Å²) in [7, 11) is 2.15. The predicted molar refractivity (Wildman–Crippen MR) is 73.0 cm³/mol. The molecule has 1 saturated heterocycles. The first-order valence-corrected chi connectivity index (χ1v) is 7.21. The van der Waals surface area contributed by atoms with Crippen LogP contribution in [0.15, 0.2) is 24.3 Å². The van der Waals surface area contributed by atoms with Crippen LogP contribution < -0.4 is 4.74 Å². The SMILES string of the molecule is CN1C[C@]23c4c5ccc(O)c4OC2C(O)C=CC3C1C5. The van der Waals surface area contributed by atoms with Gasteiger partial charge >= 0.3 is 0 Å². The predicted octanol–water partition coefficient (Wildman–Crippen LogP) is 0.808. The molecule has 20 heavy (non-hydrogen) atoms. The number of hydrogen-bond donors (Lipinski definition) is 2. The maximum atomic E-state index is 10.4. The maximum absolute atomic E-state index is 10.4. The van der Waals surface area contributed by atoms with Gasteiger partial charge in [-0.05, 0) is 25.1 Å². The number of aromatic hydroxyl groups is 1. The van der Waals surface area contributed by atoms with Gasteiger partial charge in [-0.3, -0.25) is 0 Å². The van der Waals surface area contributed by atoms with Crippen LogP contribution in [0, 0.1) is 5.92 Å². The van der Waals surface area contributed by atoms with E-state index in [9.17, 15) is 10.2 Å². The molecule has 2 aliphatic carbocycles. The third-order valence-corrected chi connectivity index (χ3v) is 5.78. The van der Waals surface area contributed by atoms with Crippen LogP contribution in [0.5, 0.6) is 11.5 Å². The molecular weight excluding hydrogens is 254 g/mol. The fraction of sp³-hybridized carbons (Fsp3) is 0.500. The molecule has 1 fully saturated rings. The van der Waals surface area contributed by atoms with Crippen LogP contribution in [0.2, 0.25) is 0 Å². The van der Waals surface area contributed by atoms with Crippen molar-refractivity contribution in [1.29, 1.82) is 0 Å². The molecule has 2 heterocycles. The van der Waals surface area contributed by atoms with Crippen molar-refractivity contribution in [1.82, 2.24) is 4.90 Å². The lowest BCUT2D eigenvalue weighted by Crippen LogP contribution is -2.54. The second-order valence-electron chi connectivity index (χ2n) is 6.61. The summed E-state index contributed by atoms with van der Waals surface area (Å²) in [5.41, 5.74) is 2.24. The number of phenolic OH excluding ortho intramolecular Hbond substituents is 1. The van der Waals surface area contributed by atoms with Crippen LogP contribution in [-0.4, -0.2) is 47.0 Å². The Morgan fingerprint density at radius 3 is 3.05 bits per heavy atom. The molecular formula is C16H17NO3. The van der Waals surface area contributed by atoms with Crippen molar-refractivity contribution in [2.45, 2.75) is 30.1 Å². The van der Waals surface area contributed by atoms with Crippen molar-refractivity contribution in [2.24, 2.45) is 5.92 Å². The summed E-state index contributed by atoms with van der Waals surface area (Å²) in [6.45, 7) is 0.887. The zero-order valence-electron chi connectivity index (χ0n) is 11.3. The van der Waals surface area contributed by atoms with Gasteiger partial charge in [-0.25, -0.2) is 0 Å². The highest BCUT2D eigenvalue weighted by Crippen LogP contribution is 2.62. The second-order valence-corrected chi connectivity index (χ2v) is 6.61. The van der Waals surface area contributed by atoms with Gasteiger partial charge < -0.3 is 19.8 Å². The highest BCUT2D eigenvalue weighted by molar-refractivity contribution is 5.62. The Labute approximate surface area is 117 Å². The van der Waals surface area contributed by atoms with E-state index < -0.39 is 6.10 Å². The zero-order valence-corrected chi connectivity index (χ0v) is 11.3. The third-order valence-electron chi connectivity index (χ3n) is 5.78. The van der Waals surface area contributed by atoms with Gasteiger partial charge in [0.15, 0.2) is 11.5 Å². The molecule has 5 rings (SSSR count). The van der Waals surface area contributed by atoms with Crippen LogP contribution >= 0.6 is 0 Å². The fourth-order valence-corrected chi connectivity index (χ4v) is 5.08. The van der Waals surface area contributed by atoms with Crippen LogP contribution in [0.4, 0.5) is 0 Å². The lowest BCUT2D eigenvalue weighted by atomic mass is 9.59. The normalized spacial score (nSPS) is 43.5. The number of phenols is 1. The lowest BCUT2D eigenvalue weighted by molar-refractivity contribution is 0.0160. The average Bonchev–Trinajstić information content (AvgIpc) is 2.87. The molecule has 4 heteroatoms. The molecule has 1 spiro atoms. The van der Waals surface area contributed by atoms with Gasteiger partial charge in [0.05, 0.1) is 5.41 Å². The molecule has 0 aromatic heterocycles. The summed E-state index contributed by atoms with van der Waals surface area (Å²) < 4.78 is 6.04. The molecule has 1 aromatic carbocycles. The fourth-order valence-electron chi connectivity index (χ4n) is 5.08. The largest absolute Gasteiger partial charge is 0.504 e. The molecule has 0 saturated carbocycles. The molecule has 2 N–H and O–H groups in total. The van der Waals surface area contributed by atoms with Gasteiger partial charge in [0.1, 0.15) is 12.2 Å². The first kappa shape index (κ1) is 11.2. The highest BCUT2D eigenvalue weighted by atomic mass is 16.5. The van der Waals surface area contributed by atoms with E-state index in [1.54, 1.807) is 6.07 Å². The van der Waals surface area contributed by atoms with E-state index in [1.807, 2.05) is 12.1 Å². The van der Waals surface area contributed by atoms with Crippen molar-refractivity contribution in [2.75, 3.05) is 13.6 Å². The van der Waals surface area contributed by atoms with Crippen molar-refractivity contribution in [3.05, 3.63) is 35.4 Å². The maximum Gasteiger partial charge on any atom is 0.165 e. The number of rotatable bonds is 0. The Morgan fingerprint density at radius 2 is 2.20 bits per heavy atom. The van der Waals surface area contributed by atoms with Crippen LogP contribution in [0.25, 0.3) is 0 Å². The van der Waals surface area contributed by atoms with Gasteiger partial charge in [-0.1, -0.05) is 18.2 Å². The van der Waals surface area contributed by atoms with E-state index in [1.165, 1.54) is 5.56 Å². The van der Waals surface area contributed by atoms with E-state index in [0.717, 1.165) is 18.5 Å². The summed E-state index contributed by atoms with van der Waals surface area (Å²) in [4.78, 5) is 2.38. The van der Waals surface area contributed by atoms with E-state index in [2.05, 4.69) is 18.0 Å². The molecule has 0 amide bonds. The smallest absolute Gasteiger partial charge is 0.165 e. The van der Waals surface area contributed by atoms with E-state index >= 15 is 0 Å². The van der Waals surface area contributed by atoms with E-state index in [4.69, 9.17) is 4.74 Å². The monoisotopic (exact) mass is 271 g/mol. The standard InChI is InChI=1S/C16H17NO3/c1-17-7-16-9-3-5-12(19)15(16)20-14-11(18)4-2-8(13(14)16)6-10(9)17/h2-5,9-10,12,15,18-19H,6-7H2,1H3/t9?,10?,12?,15?,16-/m0/s1. The van der Waals surface area contributed by atoms with Crippen molar-refractivity contribution in [3.63, 3.8) is 0 Å². The van der Waals surface area contributed by atoms with Crippen molar-refractivity contribution >= 4 is 0 Å². The van der Waals surface area contributed by atoms with Crippen LogP contribution in [0.3, 0.4) is 0 Å². The molecule has 4 aliphatic rings. The molecule has 5 atom stereocenters. The molecule has 4 nitrogen and oxygen atoms in total. The quantitative estimate of drug-likeness (QED) is 0.686. The number of ether oxygens (including phenoxy) is 1. The molecule has 2 aliphatic heterocycles.